The van der Waals surface area contributed by atoms with E-state index in [-0.39, 0.29) is 10.9 Å². The van der Waals surface area contributed by atoms with Crippen molar-refractivity contribution in [3.8, 4) is 0 Å². The van der Waals surface area contributed by atoms with Crippen LogP contribution >= 0.6 is 0 Å². The molecule has 1 unspecified atom stereocenters. The smallest absolute Gasteiger partial charge is 0.407 e. The Morgan fingerprint density at radius 2 is 2.12 bits per heavy atom. The fourth-order valence-corrected chi connectivity index (χ4v) is 1.85. The maximum Gasteiger partial charge on any atom is 0.407 e. The average molecular weight is 258 g/mol. The van der Waals surface area contributed by atoms with Gasteiger partial charge in [0.2, 0.25) is 10.0 Å². The van der Waals surface area contributed by atoms with E-state index in [0.717, 1.165) is 0 Å². The first kappa shape index (κ1) is 13.5. The first-order valence-corrected chi connectivity index (χ1v) is 6.36. The van der Waals surface area contributed by atoms with Crippen LogP contribution in [0, 0.1) is 0 Å². The number of ether oxygens (including phenoxy) is 1. The van der Waals surface area contributed by atoms with Gasteiger partial charge in [-0.15, -0.1) is 0 Å². The summed E-state index contributed by atoms with van der Waals surface area (Å²) >= 11 is 0. The summed E-state index contributed by atoms with van der Waals surface area (Å²) in [5.74, 6) is 0. The summed E-state index contributed by atoms with van der Waals surface area (Å²) in [4.78, 5) is 11.0. The van der Waals surface area contributed by atoms with Gasteiger partial charge in [0.1, 0.15) is 0 Å². The number of hydrogen-bond donors (Lipinski definition) is 2. The normalized spacial score (nSPS) is 12.9. The van der Waals surface area contributed by atoms with Gasteiger partial charge in [-0.1, -0.05) is 12.1 Å². The predicted octanol–water partition coefficient (Wildman–Crippen LogP) is 0.751. The molecular formula is C10H14N2O4S. The second-order valence-corrected chi connectivity index (χ2v) is 5.04. The molecule has 1 rings (SSSR count). The fraction of sp³-hybridized carbons (Fsp3) is 0.300. The minimum absolute atomic E-state index is 0.00789. The van der Waals surface area contributed by atoms with Crippen molar-refractivity contribution in [2.45, 2.75) is 17.9 Å². The number of carbonyl (C=O) groups excluding carboxylic acids is 1. The van der Waals surface area contributed by atoms with E-state index in [1.807, 2.05) is 0 Å². The number of hydrogen-bond acceptors (Lipinski definition) is 4. The summed E-state index contributed by atoms with van der Waals surface area (Å²) in [6.45, 7) is 1.71. The van der Waals surface area contributed by atoms with Gasteiger partial charge in [0.25, 0.3) is 0 Å². The van der Waals surface area contributed by atoms with E-state index in [4.69, 9.17) is 5.14 Å². The van der Waals surface area contributed by atoms with Crippen LogP contribution < -0.4 is 10.5 Å². The topological polar surface area (TPSA) is 98.5 Å². The standard InChI is InChI=1S/C10H14N2O4S/c1-7(12-10(13)16-2)8-4-3-5-9(6-8)17(11,14)15/h3-7H,1-2H3,(H,12,13)(H2,11,14,15). The highest BCUT2D eigenvalue weighted by molar-refractivity contribution is 7.89. The third-order valence-corrected chi connectivity index (χ3v) is 3.12. The number of sulfonamides is 1. The van der Waals surface area contributed by atoms with E-state index in [9.17, 15) is 13.2 Å². The Morgan fingerprint density at radius 1 is 1.47 bits per heavy atom. The molecule has 0 aliphatic rings. The van der Waals surface area contributed by atoms with Gasteiger partial charge in [0.05, 0.1) is 18.0 Å². The lowest BCUT2D eigenvalue weighted by Crippen LogP contribution is -2.26. The molecule has 1 aromatic rings. The van der Waals surface area contributed by atoms with Crippen molar-refractivity contribution in [3.05, 3.63) is 29.8 Å². The Kier molecular flexibility index (Phi) is 4.08. The van der Waals surface area contributed by atoms with E-state index < -0.39 is 16.1 Å². The minimum Gasteiger partial charge on any atom is -0.453 e. The van der Waals surface area contributed by atoms with Gasteiger partial charge < -0.3 is 10.1 Å². The summed E-state index contributed by atoms with van der Waals surface area (Å²) in [5, 5.41) is 7.54. The van der Waals surface area contributed by atoms with Gasteiger partial charge in [-0.05, 0) is 24.6 Å². The molecule has 0 saturated heterocycles. The number of alkyl carbamates (subject to hydrolysis) is 1. The van der Waals surface area contributed by atoms with Gasteiger partial charge in [-0.25, -0.2) is 18.4 Å². The SMILES string of the molecule is COC(=O)NC(C)c1cccc(S(N)(=O)=O)c1. The Bertz CT molecular complexity index is 513. The number of nitrogens with one attached hydrogen (secondary N) is 1. The van der Waals surface area contributed by atoms with Gasteiger partial charge in [0, 0.05) is 0 Å². The molecule has 0 aliphatic carbocycles. The molecule has 17 heavy (non-hydrogen) atoms. The van der Waals surface area contributed by atoms with Crippen molar-refractivity contribution < 1.29 is 17.9 Å². The summed E-state index contributed by atoms with van der Waals surface area (Å²) in [6, 6.07) is 5.68. The lowest BCUT2D eigenvalue weighted by Gasteiger charge is -2.13. The third-order valence-electron chi connectivity index (χ3n) is 2.21. The van der Waals surface area contributed by atoms with Crippen molar-refractivity contribution in [2.75, 3.05) is 7.11 Å². The van der Waals surface area contributed by atoms with E-state index in [0.29, 0.717) is 5.56 Å². The lowest BCUT2D eigenvalue weighted by atomic mass is 10.1. The molecule has 0 bridgehead atoms. The average Bonchev–Trinajstić information content (AvgIpc) is 2.28. The molecular weight excluding hydrogens is 244 g/mol. The molecule has 1 atom stereocenters. The first-order chi connectivity index (χ1) is 7.84. The maximum atomic E-state index is 11.2. The van der Waals surface area contributed by atoms with Crippen LogP contribution in [0.2, 0.25) is 0 Å². The Labute approximate surface area is 99.8 Å². The predicted molar refractivity (Wildman–Crippen MR) is 61.8 cm³/mol. The number of benzene rings is 1. The second kappa shape index (κ2) is 5.15. The number of rotatable bonds is 3. The largest absolute Gasteiger partial charge is 0.453 e. The zero-order valence-electron chi connectivity index (χ0n) is 9.51. The molecule has 0 aliphatic heterocycles. The van der Waals surface area contributed by atoms with Crippen molar-refractivity contribution in [2.24, 2.45) is 5.14 Å². The molecule has 6 nitrogen and oxygen atoms in total. The number of primary sulfonamides is 1. The van der Waals surface area contributed by atoms with Gasteiger partial charge in [0.15, 0.2) is 0 Å². The highest BCUT2D eigenvalue weighted by Crippen LogP contribution is 2.16. The molecule has 3 N–H and O–H groups in total. The summed E-state index contributed by atoms with van der Waals surface area (Å²) < 4.78 is 26.8. The number of nitrogens with two attached hydrogens (primary N) is 1. The first-order valence-electron chi connectivity index (χ1n) is 4.82. The maximum absolute atomic E-state index is 11.2. The van der Waals surface area contributed by atoms with Crippen molar-refractivity contribution in [1.29, 1.82) is 0 Å². The Morgan fingerprint density at radius 3 is 2.65 bits per heavy atom. The van der Waals surface area contributed by atoms with Crippen LogP contribution in [0.5, 0.6) is 0 Å². The molecule has 94 valence electrons. The van der Waals surface area contributed by atoms with E-state index in [1.165, 1.54) is 19.2 Å². The van der Waals surface area contributed by atoms with Crippen LogP contribution in [0.15, 0.2) is 29.2 Å². The molecule has 0 spiro atoms. The zero-order chi connectivity index (χ0) is 13.1. The van der Waals surface area contributed by atoms with Gasteiger partial charge >= 0.3 is 6.09 Å². The highest BCUT2D eigenvalue weighted by atomic mass is 32.2. The molecule has 0 radical (unpaired) electrons. The number of methoxy groups -OCH3 is 1. The summed E-state index contributed by atoms with van der Waals surface area (Å²) in [6.07, 6.45) is -0.585. The van der Waals surface area contributed by atoms with Crippen LogP contribution in [-0.4, -0.2) is 21.6 Å². The van der Waals surface area contributed by atoms with Crippen LogP contribution in [-0.2, 0) is 14.8 Å². The highest BCUT2D eigenvalue weighted by Gasteiger charge is 2.13. The van der Waals surface area contributed by atoms with E-state index in [1.54, 1.807) is 19.1 Å². The van der Waals surface area contributed by atoms with Crippen LogP contribution in [0.25, 0.3) is 0 Å². The Balaban J connectivity index is 2.96. The molecule has 7 heteroatoms. The van der Waals surface area contributed by atoms with Crippen molar-refractivity contribution in [1.82, 2.24) is 5.32 Å². The number of amides is 1. The Hall–Kier alpha value is -1.60. The molecule has 0 aromatic heterocycles. The van der Waals surface area contributed by atoms with E-state index >= 15 is 0 Å². The summed E-state index contributed by atoms with van der Waals surface area (Å²) in [7, 11) is -2.48. The fourth-order valence-electron chi connectivity index (χ4n) is 1.28. The second-order valence-electron chi connectivity index (χ2n) is 3.48. The third kappa shape index (κ3) is 3.72. The van der Waals surface area contributed by atoms with Crippen molar-refractivity contribution in [3.63, 3.8) is 0 Å². The molecule has 0 fully saturated rings. The molecule has 0 heterocycles. The van der Waals surface area contributed by atoms with Crippen molar-refractivity contribution >= 4 is 16.1 Å². The van der Waals surface area contributed by atoms with Crippen LogP contribution in [0.1, 0.15) is 18.5 Å². The van der Waals surface area contributed by atoms with Gasteiger partial charge in [-0.3, -0.25) is 0 Å². The molecule has 1 amide bonds. The molecule has 0 saturated carbocycles. The molecule has 1 aromatic carbocycles. The van der Waals surface area contributed by atoms with Crippen LogP contribution in [0.4, 0.5) is 4.79 Å². The van der Waals surface area contributed by atoms with E-state index in [2.05, 4.69) is 10.1 Å². The lowest BCUT2D eigenvalue weighted by molar-refractivity contribution is 0.167. The quantitative estimate of drug-likeness (QED) is 0.835. The van der Waals surface area contributed by atoms with Crippen LogP contribution in [0.3, 0.4) is 0 Å². The number of carbonyl (C=O) groups is 1. The monoisotopic (exact) mass is 258 g/mol. The summed E-state index contributed by atoms with van der Waals surface area (Å²) in [5.41, 5.74) is 0.627. The minimum atomic E-state index is -3.74. The van der Waals surface area contributed by atoms with Gasteiger partial charge in [-0.2, -0.15) is 0 Å². The zero-order valence-corrected chi connectivity index (χ0v) is 10.3.